The molecule has 0 amide bonds. The van der Waals surface area contributed by atoms with Crippen molar-refractivity contribution in [1.29, 1.82) is 0 Å². The maximum atomic E-state index is 5.74. The number of hydrogen-bond donors (Lipinski definition) is 1. The number of morpholine rings is 1. The fourth-order valence-electron chi connectivity index (χ4n) is 2.71. The number of nitrogens with one attached hydrogen (secondary N) is 1. The summed E-state index contributed by atoms with van der Waals surface area (Å²) in [7, 11) is 0. The predicted octanol–water partition coefficient (Wildman–Crippen LogP) is 0.393. The Morgan fingerprint density at radius 3 is 2.71 bits per heavy atom. The SMILES string of the molecule is CC1(C)CN(CCN2CCCNCC2)CCO1. The summed E-state index contributed by atoms with van der Waals surface area (Å²) in [5.74, 6) is 0. The van der Waals surface area contributed by atoms with E-state index in [1.54, 1.807) is 0 Å². The van der Waals surface area contributed by atoms with Crippen molar-refractivity contribution in [1.82, 2.24) is 15.1 Å². The van der Waals surface area contributed by atoms with Gasteiger partial charge in [-0.15, -0.1) is 0 Å². The van der Waals surface area contributed by atoms with Crippen molar-refractivity contribution < 1.29 is 4.74 Å². The minimum atomic E-state index is 0.0403. The lowest BCUT2D eigenvalue weighted by molar-refractivity contribution is -0.0869. The molecular weight excluding hydrogens is 214 g/mol. The number of hydrogen-bond acceptors (Lipinski definition) is 4. The van der Waals surface area contributed by atoms with E-state index in [0.29, 0.717) is 0 Å². The van der Waals surface area contributed by atoms with Crippen LogP contribution in [0.15, 0.2) is 0 Å². The van der Waals surface area contributed by atoms with E-state index in [4.69, 9.17) is 4.74 Å². The zero-order chi connectivity index (χ0) is 12.1. The molecule has 0 spiro atoms. The minimum Gasteiger partial charge on any atom is -0.373 e. The van der Waals surface area contributed by atoms with Gasteiger partial charge in [0.15, 0.2) is 0 Å². The average molecular weight is 241 g/mol. The first-order valence-electron chi connectivity index (χ1n) is 6.95. The van der Waals surface area contributed by atoms with Crippen LogP contribution in [0, 0.1) is 0 Å². The highest BCUT2D eigenvalue weighted by molar-refractivity contribution is 4.79. The molecule has 0 aromatic carbocycles. The lowest BCUT2D eigenvalue weighted by Crippen LogP contribution is -2.50. The smallest absolute Gasteiger partial charge is 0.0753 e. The molecule has 0 aromatic rings. The van der Waals surface area contributed by atoms with E-state index < -0.39 is 0 Å². The van der Waals surface area contributed by atoms with Gasteiger partial charge in [0.25, 0.3) is 0 Å². The van der Waals surface area contributed by atoms with Gasteiger partial charge in [-0.25, -0.2) is 0 Å². The molecule has 1 N–H and O–H groups in total. The lowest BCUT2D eigenvalue weighted by Gasteiger charge is -2.38. The fraction of sp³-hybridized carbons (Fsp3) is 1.00. The third-order valence-corrected chi connectivity index (χ3v) is 3.67. The van der Waals surface area contributed by atoms with Crippen molar-refractivity contribution in [2.75, 3.05) is 59.0 Å². The maximum Gasteiger partial charge on any atom is 0.0753 e. The average Bonchev–Trinajstić information content (AvgIpc) is 2.53. The van der Waals surface area contributed by atoms with Crippen LogP contribution in [0.4, 0.5) is 0 Å². The molecule has 0 radical (unpaired) electrons. The van der Waals surface area contributed by atoms with Gasteiger partial charge in [-0.2, -0.15) is 0 Å². The van der Waals surface area contributed by atoms with Crippen molar-refractivity contribution in [3.8, 4) is 0 Å². The molecule has 2 rings (SSSR count). The molecule has 2 saturated heterocycles. The second-order valence-electron chi connectivity index (χ2n) is 5.83. The second kappa shape index (κ2) is 6.14. The molecule has 2 fully saturated rings. The molecule has 0 aromatic heterocycles. The van der Waals surface area contributed by atoms with Gasteiger partial charge in [-0.3, -0.25) is 4.90 Å². The van der Waals surface area contributed by atoms with Crippen molar-refractivity contribution >= 4 is 0 Å². The van der Waals surface area contributed by atoms with Crippen LogP contribution in [0.2, 0.25) is 0 Å². The quantitative estimate of drug-likeness (QED) is 0.774. The Bertz CT molecular complexity index is 225. The molecule has 100 valence electrons. The van der Waals surface area contributed by atoms with Crippen LogP contribution >= 0.6 is 0 Å². The van der Waals surface area contributed by atoms with Crippen LogP contribution in [0.3, 0.4) is 0 Å². The molecule has 0 saturated carbocycles. The van der Waals surface area contributed by atoms with Gasteiger partial charge in [-0.1, -0.05) is 0 Å². The molecule has 17 heavy (non-hydrogen) atoms. The van der Waals surface area contributed by atoms with Crippen LogP contribution in [0.1, 0.15) is 20.3 Å². The van der Waals surface area contributed by atoms with E-state index in [-0.39, 0.29) is 5.60 Å². The van der Waals surface area contributed by atoms with Gasteiger partial charge in [0, 0.05) is 39.3 Å². The minimum absolute atomic E-state index is 0.0403. The van der Waals surface area contributed by atoms with E-state index >= 15 is 0 Å². The van der Waals surface area contributed by atoms with Gasteiger partial charge in [0.1, 0.15) is 0 Å². The fourth-order valence-corrected chi connectivity index (χ4v) is 2.71. The van der Waals surface area contributed by atoms with Crippen LogP contribution < -0.4 is 5.32 Å². The Morgan fingerprint density at radius 2 is 1.88 bits per heavy atom. The Morgan fingerprint density at radius 1 is 1.06 bits per heavy atom. The molecule has 0 atom stereocenters. The van der Waals surface area contributed by atoms with Crippen molar-refractivity contribution in [2.45, 2.75) is 25.9 Å². The largest absolute Gasteiger partial charge is 0.373 e. The Hall–Kier alpha value is -0.160. The molecule has 0 bridgehead atoms. The van der Waals surface area contributed by atoms with Crippen molar-refractivity contribution in [2.24, 2.45) is 0 Å². The van der Waals surface area contributed by atoms with E-state index in [1.807, 2.05) is 0 Å². The molecular formula is C13H27N3O. The van der Waals surface area contributed by atoms with E-state index in [0.717, 1.165) is 26.2 Å². The molecule has 2 aliphatic heterocycles. The van der Waals surface area contributed by atoms with E-state index in [1.165, 1.54) is 39.1 Å². The number of rotatable bonds is 3. The summed E-state index contributed by atoms with van der Waals surface area (Å²) < 4.78 is 5.74. The summed E-state index contributed by atoms with van der Waals surface area (Å²) in [5, 5.41) is 3.45. The first-order valence-corrected chi connectivity index (χ1v) is 6.95. The molecule has 4 heteroatoms. The summed E-state index contributed by atoms with van der Waals surface area (Å²) in [6, 6.07) is 0. The molecule has 2 heterocycles. The summed E-state index contributed by atoms with van der Waals surface area (Å²) in [4.78, 5) is 5.13. The molecule has 0 unspecified atom stereocenters. The molecule has 4 nitrogen and oxygen atoms in total. The van der Waals surface area contributed by atoms with Crippen LogP contribution in [0.5, 0.6) is 0 Å². The summed E-state index contributed by atoms with van der Waals surface area (Å²) in [5.41, 5.74) is 0.0403. The highest BCUT2D eigenvalue weighted by Crippen LogP contribution is 2.16. The number of ether oxygens (including phenoxy) is 1. The summed E-state index contributed by atoms with van der Waals surface area (Å²) in [6.07, 6.45) is 1.29. The second-order valence-corrected chi connectivity index (χ2v) is 5.83. The van der Waals surface area contributed by atoms with Crippen LogP contribution in [-0.4, -0.2) is 74.4 Å². The monoisotopic (exact) mass is 241 g/mol. The molecule has 0 aliphatic carbocycles. The Kier molecular flexibility index (Phi) is 4.79. The molecule has 2 aliphatic rings. The highest BCUT2D eigenvalue weighted by atomic mass is 16.5. The Labute approximate surface area is 105 Å². The van der Waals surface area contributed by atoms with Crippen molar-refractivity contribution in [3.63, 3.8) is 0 Å². The van der Waals surface area contributed by atoms with Gasteiger partial charge in [0.05, 0.1) is 12.2 Å². The van der Waals surface area contributed by atoms with Crippen LogP contribution in [-0.2, 0) is 4.74 Å². The van der Waals surface area contributed by atoms with Gasteiger partial charge in [-0.05, 0) is 33.4 Å². The zero-order valence-corrected chi connectivity index (χ0v) is 11.4. The predicted molar refractivity (Wildman–Crippen MR) is 70.4 cm³/mol. The summed E-state index contributed by atoms with van der Waals surface area (Å²) >= 11 is 0. The van der Waals surface area contributed by atoms with Gasteiger partial charge < -0.3 is 15.0 Å². The maximum absolute atomic E-state index is 5.74. The van der Waals surface area contributed by atoms with E-state index in [9.17, 15) is 0 Å². The van der Waals surface area contributed by atoms with Gasteiger partial charge >= 0.3 is 0 Å². The van der Waals surface area contributed by atoms with Crippen LogP contribution in [0.25, 0.3) is 0 Å². The van der Waals surface area contributed by atoms with Gasteiger partial charge in [0.2, 0.25) is 0 Å². The standard InChI is InChI=1S/C13H27N3O/c1-13(2)12-16(10-11-17-13)9-8-15-6-3-4-14-5-7-15/h14H,3-12H2,1-2H3. The highest BCUT2D eigenvalue weighted by Gasteiger charge is 2.27. The normalized spacial score (nSPS) is 27.9. The van der Waals surface area contributed by atoms with Crippen molar-refractivity contribution in [3.05, 3.63) is 0 Å². The summed E-state index contributed by atoms with van der Waals surface area (Å²) in [6.45, 7) is 14.6. The topological polar surface area (TPSA) is 27.7 Å². The first kappa shape index (κ1) is 13.3. The lowest BCUT2D eigenvalue weighted by atomic mass is 10.1. The van der Waals surface area contributed by atoms with E-state index in [2.05, 4.69) is 29.0 Å². The first-order chi connectivity index (χ1) is 8.16. The Balaban J connectivity index is 1.70. The number of nitrogens with zero attached hydrogens (tertiary/aromatic N) is 2. The third kappa shape index (κ3) is 4.54. The third-order valence-electron chi connectivity index (χ3n) is 3.67. The zero-order valence-electron chi connectivity index (χ0n) is 11.4.